The van der Waals surface area contributed by atoms with Gasteiger partial charge < -0.3 is 14.6 Å². The van der Waals surface area contributed by atoms with Crippen LogP contribution in [-0.2, 0) is 11.2 Å². The molecular formula is C13H18N4O2. The Balaban J connectivity index is 2.10. The molecule has 2 aromatic heterocycles. The molecule has 0 amide bonds. The number of nitrogens with one attached hydrogen (secondary N) is 1. The van der Waals surface area contributed by atoms with Crippen molar-refractivity contribution in [2.45, 2.75) is 19.4 Å². The summed E-state index contributed by atoms with van der Waals surface area (Å²) in [5, 5.41) is 7.10. The Kier molecular flexibility index (Phi) is 4.59. The van der Waals surface area contributed by atoms with Crippen molar-refractivity contribution in [1.82, 2.24) is 20.4 Å². The molecule has 0 aliphatic carbocycles. The molecule has 102 valence electrons. The van der Waals surface area contributed by atoms with Crippen LogP contribution < -0.4 is 5.32 Å². The van der Waals surface area contributed by atoms with Crippen molar-refractivity contribution < 1.29 is 9.26 Å². The third-order valence-corrected chi connectivity index (χ3v) is 2.81. The van der Waals surface area contributed by atoms with E-state index < -0.39 is 0 Å². The van der Waals surface area contributed by atoms with Gasteiger partial charge in [0.2, 0.25) is 11.7 Å². The van der Waals surface area contributed by atoms with Gasteiger partial charge in [-0.1, -0.05) is 5.16 Å². The lowest BCUT2D eigenvalue weighted by atomic mass is 10.2. The van der Waals surface area contributed by atoms with Crippen LogP contribution in [0.5, 0.6) is 0 Å². The van der Waals surface area contributed by atoms with Crippen LogP contribution in [0, 0.1) is 6.92 Å². The second-order valence-corrected chi connectivity index (χ2v) is 4.38. The first-order valence-corrected chi connectivity index (χ1v) is 6.14. The van der Waals surface area contributed by atoms with Crippen molar-refractivity contribution in [2.75, 3.05) is 20.8 Å². The zero-order valence-electron chi connectivity index (χ0n) is 11.4. The molecule has 0 aliphatic heterocycles. The summed E-state index contributed by atoms with van der Waals surface area (Å²) in [5.41, 5.74) is 1.84. The fourth-order valence-electron chi connectivity index (χ4n) is 1.76. The number of aromatic nitrogens is 3. The zero-order chi connectivity index (χ0) is 13.7. The number of pyridine rings is 1. The third-order valence-electron chi connectivity index (χ3n) is 2.81. The second kappa shape index (κ2) is 6.40. The smallest absolute Gasteiger partial charge is 0.228 e. The molecule has 0 spiro atoms. The maximum atomic E-state index is 5.24. The summed E-state index contributed by atoms with van der Waals surface area (Å²) in [7, 11) is 3.54. The van der Waals surface area contributed by atoms with Gasteiger partial charge in [-0.3, -0.25) is 4.98 Å². The van der Waals surface area contributed by atoms with Gasteiger partial charge in [-0.25, -0.2) is 0 Å². The summed E-state index contributed by atoms with van der Waals surface area (Å²) in [6.45, 7) is 2.60. The van der Waals surface area contributed by atoms with E-state index in [9.17, 15) is 0 Å². The average Bonchev–Trinajstić information content (AvgIpc) is 2.87. The van der Waals surface area contributed by atoms with Gasteiger partial charge in [-0.2, -0.15) is 4.98 Å². The number of nitrogens with zero attached hydrogens (tertiary/aromatic N) is 3. The highest BCUT2D eigenvalue weighted by Gasteiger charge is 2.14. The van der Waals surface area contributed by atoms with Gasteiger partial charge in [-0.15, -0.1) is 0 Å². The number of likely N-dealkylation sites (N-methyl/N-ethyl adjacent to an activating group) is 1. The monoisotopic (exact) mass is 262 g/mol. The van der Waals surface area contributed by atoms with Gasteiger partial charge in [0.05, 0.1) is 6.61 Å². The summed E-state index contributed by atoms with van der Waals surface area (Å²) in [6.07, 6.45) is 2.37. The summed E-state index contributed by atoms with van der Waals surface area (Å²) in [5.74, 6) is 1.10. The van der Waals surface area contributed by atoms with Crippen molar-refractivity contribution in [2.24, 2.45) is 0 Å². The van der Waals surface area contributed by atoms with Crippen LogP contribution in [0.2, 0.25) is 0 Å². The number of methoxy groups -OCH3 is 1. The fourth-order valence-corrected chi connectivity index (χ4v) is 1.76. The summed E-state index contributed by atoms with van der Waals surface area (Å²) in [4.78, 5) is 8.59. The van der Waals surface area contributed by atoms with Crippen molar-refractivity contribution in [3.63, 3.8) is 0 Å². The molecule has 1 unspecified atom stereocenters. The van der Waals surface area contributed by atoms with Crippen molar-refractivity contribution in [3.8, 4) is 11.5 Å². The average molecular weight is 262 g/mol. The van der Waals surface area contributed by atoms with Crippen LogP contribution in [0.1, 0.15) is 11.5 Å². The first-order chi connectivity index (χ1) is 9.22. The van der Waals surface area contributed by atoms with E-state index in [0.29, 0.717) is 24.7 Å². The third kappa shape index (κ3) is 3.59. The van der Waals surface area contributed by atoms with Crippen LogP contribution in [0.15, 0.2) is 22.9 Å². The van der Waals surface area contributed by atoms with Gasteiger partial charge in [0.1, 0.15) is 5.69 Å². The molecule has 1 N–H and O–H groups in total. The van der Waals surface area contributed by atoms with Crippen molar-refractivity contribution >= 4 is 0 Å². The SMILES string of the molecule is CNC(COC)Cc1nc(-c2cc(C)ccn2)no1. The van der Waals surface area contributed by atoms with E-state index in [4.69, 9.17) is 9.26 Å². The van der Waals surface area contributed by atoms with Gasteiger partial charge in [0.25, 0.3) is 0 Å². The highest BCUT2D eigenvalue weighted by molar-refractivity contribution is 5.48. The van der Waals surface area contributed by atoms with E-state index in [0.717, 1.165) is 11.3 Å². The molecule has 2 heterocycles. The quantitative estimate of drug-likeness (QED) is 0.843. The van der Waals surface area contributed by atoms with E-state index in [1.54, 1.807) is 13.3 Å². The Morgan fingerprint density at radius 3 is 3.00 bits per heavy atom. The Labute approximate surface area is 112 Å². The van der Waals surface area contributed by atoms with Crippen LogP contribution in [0.4, 0.5) is 0 Å². The van der Waals surface area contributed by atoms with Crippen molar-refractivity contribution in [1.29, 1.82) is 0 Å². The lowest BCUT2D eigenvalue weighted by Crippen LogP contribution is -2.32. The lowest BCUT2D eigenvalue weighted by Gasteiger charge is -2.11. The van der Waals surface area contributed by atoms with E-state index in [-0.39, 0.29) is 6.04 Å². The minimum atomic E-state index is 0.156. The van der Waals surface area contributed by atoms with Crippen molar-refractivity contribution in [3.05, 3.63) is 29.8 Å². The molecule has 0 fully saturated rings. The highest BCUT2D eigenvalue weighted by Crippen LogP contribution is 2.14. The van der Waals surface area contributed by atoms with E-state index in [1.807, 2.05) is 26.1 Å². The Bertz CT molecular complexity index is 527. The van der Waals surface area contributed by atoms with E-state index in [2.05, 4.69) is 20.4 Å². The standard InChI is InChI=1S/C13H18N4O2/c1-9-4-5-15-11(6-9)13-16-12(19-17-13)7-10(14-2)8-18-3/h4-6,10,14H,7-8H2,1-3H3. The topological polar surface area (TPSA) is 73.1 Å². The van der Waals surface area contributed by atoms with E-state index >= 15 is 0 Å². The Morgan fingerprint density at radius 1 is 1.47 bits per heavy atom. The van der Waals surface area contributed by atoms with Crippen LogP contribution in [-0.4, -0.2) is 41.9 Å². The first-order valence-electron chi connectivity index (χ1n) is 6.14. The molecule has 0 aromatic carbocycles. The largest absolute Gasteiger partial charge is 0.383 e. The highest BCUT2D eigenvalue weighted by atomic mass is 16.5. The predicted molar refractivity (Wildman–Crippen MR) is 70.7 cm³/mol. The number of hydrogen-bond acceptors (Lipinski definition) is 6. The summed E-state index contributed by atoms with van der Waals surface area (Å²) < 4.78 is 10.4. The fraction of sp³-hybridized carbons (Fsp3) is 0.462. The summed E-state index contributed by atoms with van der Waals surface area (Å²) in [6, 6.07) is 4.02. The van der Waals surface area contributed by atoms with Gasteiger partial charge in [-0.05, 0) is 31.7 Å². The maximum absolute atomic E-state index is 5.24. The number of ether oxygens (including phenoxy) is 1. The molecule has 0 saturated heterocycles. The molecule has 2 rings (SSSR count). The zero-order valence-corrected chi connectivity index (χ0v) is 11.4. The molecule has 2 aromatic rings. The van der Waals surface area contributed by atoms with Gasteiger partial charge in [0, 0.05) is 25.8 Å². The lowest BCUT2D eigenvalue weighted by molar-refractivity contribution is 0.165. The predicted octanol–water partition coefficient (Wildman–Crippen LogP) is 1.22. The second-order valence-electron chi connectivity index (χ2n) is 4.38. The molecule has 0 radical (unpaired) electrons. The first kappa shape index (κ1) is 13.6. The maximum Gasteiger partial charge on any atom is 0.228 e. The number of rotatable bonds is 6. The van der Waals surface area contributed by atoms with Gasteiger partial charge in [0.15, 0.2) is 0 Å². The van der Waals surface area contributed by atoms with Gasteiger partial charge >= 0.3 is 0 Å². The molecular weight excluding hydrogens is 244 g/mol. The van der Waals surface area contributed by atoms with Crippen LogP contribution in [0.25, 0.3) is 11.5 Å². The minimum absolute atomic E-state index is 0.156. The molecule has 6 heteroatoms. The molecule has 19 heavy (non-hydrogen) atoms. The van der Waals surface area contributed by atoms with E-state index in [1.165, 1.54) is 0 Å². The minimum Gasteiger partial charge on any atom is -0.383 e. The molecule has 6 nitrogen and oxygen atoms in total. The number of aryl methyl sites for hydroxylation is 1. The Morgan fingerprint density at radius 2 is 2.32 bits per heavy atom. The number of hydrogen-bond donors (Lipinski definition) is 1. The normalized spacial score (nSPS) is 12.6. The molecule has 0 bridgehead atoms. The van der Waals surface area contributed by atoms with Crippen LogP contribution in [0.3, 0.4) is 0 Å². The molecule has 0 saturated carbocycles. The summed E-state index contributed by atoms with van der Waals surface area (Å²) >= 11 is 0. The van der Waals surface area contributed by atoms with Crippen LogP contribution >= 0.6 is 0 Å². The molecule has 1 atom stereocenters. The Hall–Kier alpha value is -1.79. The molecule has 0 aliphatic rings.